The Bertz CT molecular complexity index is 1890. The molecule has 0 fully saturated rings. The third-order valence-corrected chi connectivity index (χ3v) is 7.45. The molecular weight excluding hydrogens is 784 g/mol. The molecule has 0 spiro atoms. The number of hydrogen-bond acceptors (Lipinski definition) is 14. The number of aliphatic hydroxyl groups is 4. The van der Waals surface area contributed by atoms with Crippen LogP contribution in [0.3, 0.4) is 0 Å². The molecule has 322 valence electrons. The second-order valence-electron chi connectivity index (χ2n) is 14.5. The van der Waals surface area contributed by atoms with E-state index in [2.05, 4.69) is 4.74 Å². The zero-order valence-corrected chi connectivity index (χ0v) is 33.0. The van der Waals surface area contributed by atoms with E-state index < -0.39 is 58.6 Å². The Labute approximate surface area is 337 Å². The van der Waals surface area contributed by atoms with Gasteiger partial charge in [0.1, 0.15) is 0 Å². The highest BCUT2D eigenvalue weighted by Gasteiger charge is 2.31. The van der Waals surface area contributed by atoms with Crippen LogP contribution in [0.1, 0.15) is 114 Å². The molecule has 9 N–H and O–H groups in total. The topological polar surface area (TPSA) is 337 Å². The van der Waals surface area contributed by atoms with E-state index in [0.29, 0.717) is 0 Å². The molecule has 0 saturated carbocycles. The SMILES string of the molecule is CC(C)(CO)CO.CC(C)(CO)COC(=O)C(C)(C)CO.O=C(O)c1ccc(C(=O)O)cc1.O=C(O)c1ccc2c(c1)C(=O)OC2=O.O=C(O)c1cccc(C(=O)O)c1. The van der Waals surface area contributed by atoms with Crippen LogP contribution in [0, 0.1) is 16.2 Å². The zero-order chi connectivity index (χ0) is 45.9. The van der Waals surface area contributed by atoms with Crippen molar-refractivity contribution in [1.29, 1.82) is 0 Å². The van der Waals surface area contributed by atoms with Gasteiger partial charge in [0.05, 0.1) is 77.4 Å². The van der Waals surface area contributed by atoms with Crippen LogP contribution in [-0.2, 0) is 14.3 Å². The predicted octanol–water partition coefficient (Wildman–Crippen LogP) is 3.43. The first-order chi connectivity index (χ1) is 27.2. The quantitative estimate of drug-likeness (QED) is 0.0932. The van der Waals surface area contributed by atoms with Crippen molar-refractivity contribution in [3.05, 3.63) is 106 Å². The Morgan fingerprint density at radius 3 is 1.19 bits per heavy atom. The van der Waals surface area contributed by atoms with Crippen LogP contribution in [-0.4, -0.2) is 127 Å². The van der Waals surface area contributed by atoms with Gasteiger partial charge in [-0.15, -0.1) is 0 Å². The molecular formula is C40H48O19. The van der Waals surface area contributed by atoms with E-state index in [-0.39, 0.29) is 77.4 Å². The van der Waals surface area contributed by atoms with Gasteiger partial charge in [0, 0.05) is 10.8 Å². The molecule has 19 heteroatoms. The Hall–Kier alpha value is -6.54. The number of aliphatic hydroxyl groups excluding tert-OH is 4. The summed E-state index contributed by atoms with van der Waals surface area (Å²) in [4.78, 5) is 85.4. The summed E-state index contributed by atoms with van der Waals surface area (Å²) >= 11 is 0. The van der Waals surface area contributed by atoms with Gasteiger partial charge in [-0.25, -0.2) is 33.6 Å². The van der Waals surface area contributed by atoms with Gasteiger partial charge in [-0.1, -0.05) is 33.8 Å². The van der Waals surface area contributed by atoms with Crippen molar-refractivity contribution in [3.8, 4) is 0 Å². The number of hydrogen-bond donors (Lipinski definition) is 9. The van der Waals surface area contributed by atoms with Crippen LogP contribution in [0.25, 0.3) is 0 Å². The number of cyclic esters (lactones) is 2. The smallest absolute Gasteiger partial charge is 0.346 e. The summed E-state index contributed by atoms with van der Waals surface area (Å²) < 4.78 is 9.29. The molecule has 3 aromatic rings. The molecule has 1 heterocycles. The second kappa shape index (κ2) is 23.6. The van der Waals surface area contributed by atoms with E-state index >= 15 is 0 Å². The highest BCUT2D eigenvalue weighted by atomic mass is 16.6. The average Bonchev–Trinajstić information content (AvgIpc) is 3.49. The van der Waals surface area contributed by atoms with Gasteiger partial charge in [0.2, 0.25) is 0 Å². The van der Waals surface area contributed by atoms with E-state index in [1.165, 1.54) is 54.6 Å². The number of ether oxygens (including phenoxy) is 2. The van der Waals surface area contributed by atoms with Gasteiger partial charge >= 0.3 is 47.8 Å². The standard InChI is InChI=1S/C10H20O4.C9H4O5.2C8H6O4.C5H12O2/c1-9(2,5-11)7-14-8(13)10(3,4)6-12;10-7(11)4-1-2-5-6(3-4)9(13)14-8(5)12;9-7(10)5-1-2-6(4-3-5)8(11)12;9-7(10)5-2-1-3-6(4-5)8(11)12;1-5(2,3-6)4-7/h11-12H,5-7H2,1-4H3;1-3H,(H,10,11);2*1-4H,(H,9,10)(H,11,12);6-7H,3-4H2,1-2H3. The van der Waals surface area contributed by atoms with Gasteiger partial charge < -0.3 is 55.4 Å². The maximum atomic E-state index is 11.4. The number of fused-ring (bicyclic) bond motifs is 1. The summed E-state index contributed by atoms with van der Waals surface area (Å²) in [5, 5.41) is 77.3. The maximum Gasteiger partial charge on any atom is 0.346 e. The summed E-state index contributed by atoms with van der Waals surface area (Å²) in [5.41, 5.74) is -1.40. The van der Waals surface area contributed by atoms with Crippen molar-refractivity contribution in [3.63, 3.8) is 0 Å². The van der Waals surface area contributed by atoms with Gasteiger partial charge in [-0.2, -0.15) is 0 Å². The first kappa shape index (κ1) is 52.5. The Morgan fingerprint density at radius 1 is 0.492 bits per heavy atom. The van der Waals surface area contributed by atoms with E-state index in [4.69, 9.17) is 50.7 Å². The average molecular weight is 833 g/mol. The predicted molar refractivity (Wildman–Crippen MR) is 205 cm³/mol. The monoisotopic (exact) mass is 832 g/mol. The first-order valence-electron chi connectivity index (χ1n) is 17.1. The number of benzene rings is 3. The number of aromatic carboxylic acids is 5. The highest BCUT2D eigenvalue weighted by Crippen LogP contribution is 2.22. The number of carbonyl (C=O) groups excluding carboxylic acids is 3. The molecule has 59 heavy (non-hydrogen) atoms. The largest absolute Gasteiger partial charge is 0.478 e. The summed E-state index contributed by atoms with van der Waals surface area (Å²) in [6.07, 6.45) is 0. The molecule has 0 atom stereocenters. The molecule has 19 nitrogen and oxygen atoms in total. The van der Waals surface area contributed by atoms with E-state index in [9.17, 15) is 38.4 Å². The summed E-state index contributed by atoms with van der Waals surface area (Å²) in [5.74, 6) is -7.51. The fourth-order valence-corrected chi connectivity index (χ4v) is 3.38. The van der Waals surface area contributed by atoms with Crippen molar-refractivity contribution in [2.75, 3.05) is 33.0 Å². The number of rotatable bonds is 12. The second-order valence-corrected chi connectivity index (χ2v) is 14.5. The van der Waals surface area contributed by atoms with E-state index in [0.717, 1.165) is 12.1 Å². The van der Waals surface area contributed by atoms with E-state index in [1.54, 1.807) is 41.5 Å². The van der Waals surface area contributed by atoms with Gasteiger partial charge in [-0.3, -0.25) is 4.79 Å². The summed E-state index contributed by atoms with van der Waals surface area (Å²) in [6, 6.07) is 13.9. The third kappa shape index (κ3) is 18.5. The first-order valence-corrected chi connectivity index (χ1v) is 17.1. The fraction of sp³-hybridized carbons (Fsp3) is 0.350. The van der Waals surface area contributed by atoms with Gasteiger partial charge in [0.25, 0.3) is 0 Å². The molecule has 4 rings (SSSR count). The van der Waals surface area contributed by atoms with Crippen molar-refractivity contribution in [1.82, 2.24) is 0 Å². The third-order valence-electron chi connectivity index (χ3n) is 7.45. The van der Waals surface area contributed by atoms with Crippen LogP contribution in [0.15, 0.2) is 66.7 Å². The molecule has 1 aliphatic rings. The zero-order valence-electron chi connectivity index (χ0n) is 33.0. The number of carbonyl (C=O) groups is 8. The van der Waals surface area contributed by atoms with Crippen LogP contribution in [0.2, 0.25) is 0 Å². The highest BCUT2D eigenvalue weighted by molar-refractivity contribution is 6.15. The van der Waals surface area contributed by atoms with E-state index in [1.807, 2.05) is 0 Å². The molecule has 0 aliphatic carbocycles. The number of carboxylic acids is 5. The van der Waals surface area contributed by atoms with Gasteiger partial charge in [-0.05, 0) is 74.5 Å². The Kier molecular flexibility index (Phi) is 21.0. The lowest BCUT2D eigenvalue weighted by Crippen LogP contribution is -2.34. The van der Waals surface area contributed by atoms with Crippen molar-refractivity contribution >= 4 is 47.8 Å². The Morgan fingerprint density at radius 2 is 0.847 bits per heavy atom. The molecule has 3 aromatic carbocycles. The van der Waals surface area contributed by atoms with Crippen LogP contribution in [0.5, 0.6) is 0 Å². The number of carboxylic acid groups (broad SMARTS) is 5. The minimum Gasteiger partial charge on any atom is -0.478 e. The molecule has 0 amide bonds. The van der Waals surface area contributed by atoms with Crippen molar-refractivity contribution in [2.24, 2.45) is 16.2 Å². The molecule has 1 aliphatic heterocycles. The molecule has 0 radical (unpaired) electrons. The minimum absolute atomic E-state index is 0.00917. The van der Waals surface area contributed by atoms with Crippen molar-refractivity contribution in [2.45, 2.75) is 41.5 Å². The lowest BCUT2D eigenvalue weighted by Gasteiger charge is -2.25. The molecule has 0 unspecified atom stereocenters. The molecule has 0 saturated heterocycles. The normalized spacial score (nSPS) is 11.5. The summed E-state index contributed by atoms with van der Waals surface area (Å²) in [6.45, 7) is 10.4. The summed E-state index contributed by atoms with van der Waals surface area (Å²) in [7, 11) is 0. The number of esters is 3. The molecule has 0 aromatic heterocycles. The maximum absolute atomic E-state index is 11.4. The Balaban J connectivity index is 0.000000724. The fourth-order valence-electron chi connectivity index (χ4n) is 3.38. The van der Waals surface area contributed by atoms with Crippen LogP contribution >= 0.6 is 0 Å². The molecule has 0 bridgehead atoms. The minimum atomic E-state index is -1.15. The lowest BCUT2D eigenvalue weighted by atomic mass is 9.94. The van der Waals surface area contributed by atoms with Crippen molar-refractivity contribution < 1.29 is 93.8 Å². The lowest BCUT2D eigenvalue weighted by molar-refractivity contribution is -0.159. The van der Waals surface area contributed by atoms with Gasteiger partial charge in [0.15, 0.2) is 0 Å². The van der Waals surface area contributed by atoms with Crippen LogP contribution < -0.4 is 0 Å². The van der Waals surface area contributed by atoms with Crippen LogP contribution in [0.4, 0.5) is 0 Å².